The van der Waals surface area contributed by atoms with Gasteiger partial charge in [0.05, 0.1) is 50.3 Å². The van der Waals surface area contributed by atoms with E-state index in [2.05, 4.69) is 23.9 Å². The van der Waals surface area contributed by atoms with Crippen LogP contribution in [0.2, 0.25) is 0 Å². The first-order valence-electron chi connectivity index (χ1n) is 12.2. The van der Waals surface area contributed by atoms with Crippen LogP contribution in [0.25, 0.3) is 10.4 Å². The van der Waals surface area contributed by atoms with E-state index in [0.29, 0.717) is 39.5 Å². The first-order valence-corrected chi connectivity index (χ1v) is 12.2. The van der Waals surface area contributed by atoms with Crippen molar-refractivity contribution in [3.05, 3.63) is 10.4 Å². The van der Waals surface area contributed by atoms with Gasteiger partial charge in [0.2, 0.25) is 0 Å². The topological polar surface area (TPSA) is 113 Å². The Labute approximate surface area is 189 Å². The van der Waals surface area contributed by atoms with Crippen LogP contribution in [-0.4, -0.2) is 82.2 Å². The molecular formula is C22H37N3O7. The Morgan fingerprint density at radius 1 is 1.00 bits per heavy atom. The van der Waals surface area contributed by atoms with Crippen LogP contribution in [0.15, 0.2) is 5.11 Å². The van der Waals surface area contributed by atoms with Crippen LogP contribution in [-0.2, 0) is 33.2 Å². The number of fused-ring (bicyclic) bond motifs is 3. The molecule has 0 aromatic rings. The monoisotopic (exact) mass is 455 g/mol. The van der Waals surface area contributed by atoms with Gasteiger partial charge in [0.15, 0.2) is 12.6 Å². The largest absolute Gasteiger partial charge is 0.378 e. The molecule has 4 saturated heterocycles. The Hall–Kier alpha value is -0.970. The van der Waals surface area contributed by atoms with Crippen LogP contribution in [0.5, 0.6) is 0 Å². The molecule has 0 N–H and O–H groups in total. The third kappa shape index (κ3) is 5.56. The summed E-state index contributed by atoms with van der Waals surface area (Å²) in [7, 11) is 0. The molecule has 0 aliphatic carbocycles. The molecular weight excluding hydrogens is 418 g/mol. The normalized spacial score (nSPS) is 41.1. The minimum atomic E-state index is -0.596. The summed E-state index contributed by atoms with van der Waals surface area (Å²) in [6.45, 7) is 7.28. The van der Waals surface area contributed by atoms with Gasteiger partial charge in [-0.2, -0.15) is 0 Å². The quantitative estimate of drug-likeness (QED) is 0.203. The highest BCUT2D eigenvalue weighted by Gasteiger charge is 2.52. The van der Waals surface area contributed by atoms with E-state index < -0.39 is 18.6 Å². The molecule has 0 spiro atoms. The SMILES string of the molecule is CCCCOC1C(OC2CC(N=[N+]=[N-])C3OCCC2O3)OC2COCC2C1OCCCC. The van der Waals surface area contributed by atoms with Crippen LogP contribution in [0.4, 0.5) is 0 Å². The van der Waals surface area contributed by atoms with E-state index in [9.17, 15) is 0 Å². The number of hydrogen-bond donors (Lipinski definition) is 0. The van der Waals surface area contributed by atoms with Crippen LogP contribution < -0.4 is 0 Å². The lowest BCUT2D eigenvalue weighted by Crippen LogP contribution is -2.60. The Kier molecular flexibility index (Phi) is 9.02. The molecule has 4 heterocycles. The lowest BCUT2D eigenvalue weighted by molar-refractivity contribution is -0.338. The maximum atomic E-state index is 8.96. The molecule has 9 atom stereocenters. The van der Waals surface area contributed by atoms with E-state index in [1.54, 1.807) is 0 Å². The van der Waals surface area contributed by atoms with Crippen molar-refractivity contribution in [3.63, 3.8) is 0 Å². The highest BCUT2D eigenvalue weighted by atomic mass is 16.7. The zero-order chi connectivity index (χ0) is 22.3. The molecule has 4 aliphatic heterocycles. The lowest BCUT2D eigenvalue weighted by atomic mass is 9.90. The summed E-state index contributed by atoms with van der Waals surface area (Å²) < 4.78 is 43.0. The molecule has 32 heavy (non-hydrogen) atoms. The van der Waals surface area contributed by atoms with Gasteiger partial charge in [0.25, 0.3) is 0 Å². The molecule has 10 heteroatoms. The zero-order valence-corrected chi connectivity index (χ0v) is 19.2. The first kappa shape index (κ1) is 24.2. The smallest absolute Gasteiger partial charge is 0.187 e. The minimum Gasteiger partial charge on any atom is -0.378 e. The Bertz CT molecular complexity index is 635. The number of rotatable bonds is 11. The summed E-state index contributed by atoms with van der Waals surface area (Å²) in [4.78, 5) is 2.97. The summed E-state index contributed by atoms with van der Waals surface area (Å²) in [5, 5.41) is 3.88. The summed E-state index contributed by atoms with van der Waals surface area (Å²) in [5.41, 5.74) is 8.96. The number of nitrogens with zero attached hydrogens (tertiary/aromatic N) is 3. The van der Waals surface area contributed by atoms with E-state index in [0.717, 1.165) is 32.1 Å². The average Bonchev–Trinajstić information content (AvgIpc) is 3.27. The molecule has 9 unspecified atom stereocenters. The van der Waals surface area contributed by atoms with Crippen molar-refractivity contribution in [2.24, 2.45) is 11.0 Å². The van der Waals surface area contributed by atoms with Crippen molar-refractivity contribution in [1.29, 1.82) is 0 Å². The first-order chi connectivity index (χ1) is 15.7. The highest BCUT2D eigenvalue weighted by Crippen LogP contribution is 2.38. The Morgan fingerprint density at radius 2 is 1.78 bits per heavy atom. The van der Waals surface area contributed by atoms with Crippen LogP contribution in [0.1, 0.15) is 52.4 Å². The van der Waals surface area contributed by atoms with Crippen molar-refractivity contribution in [3.8, 4) is 0 Å². The molecule has 2 bridgehead atoms. The van der Waals surface area contributed by atoms with E-state index in [4.69, 9.17) is 38.7 Å². The average molecular weight is 456 g/mol. The molecule has 4 fully saturated rings. The number of hydrogen-bond acceptors (Lipinski definition) is 8. The molecule has 0 aromatic carbocycles. The summed E-state index contributed by atoms with van der Waals surface area (Å²) >= 11 is 0. The van der Waals surface area contributed by atoms with E-state index in [1.807, 2.05) is 0 Å². The Morgan fingerprint density at radius 3 is 2.53 bits per heavy atom. The maximum Gasteiger partial charge on any atom is 0.187 e. The van der Waals surface area contributed by atoms with Gasteiger partial charge in [-0.15, -0.1) is 0 Å². The second-order valence-corrected chi connectivity index (χ2v) is 9.01. The third-order valence-electron chi connectivity index (χ3n) is 6.71. The van der Waals surface area contributed by atoms with Crippen LogP contribution >= 0.6 is 0 Å². The van der Waals surface area contributed by atoms with Gasteiger partial charge in [0, 0.05) is 24.0 Å². The van der Waals surface area contributed by atoms with Gasteiger partial charge in [-0.05, 0) is 31.2 Å². The van der Waals surface area contributed by atoms with Gasteiger partial charge in [-0.3, -0.25) is 0 Å². The van der Waals surface area contributed by atoms with Crippen molar-refractivity contribution < 1.29 is 33.2 Å². The molecule has 0 aromatic heterocycles. The molecule has 4 aliphatic rings. The highest BCUT2D eigenvalue weighted by molar-refractivity contribution is 4.96. The fraction of sp³-hybridized carbons (Fsp3) is 1.00. The second-order valence-electron chi connectivity index (χ2n) is 9.01. The van der Waals surface area contributed by atoms with Crippen LogP contribution in [0, 0.1) is 5.92 Å². The molecule has 4 rings (SSSR count). The lowest BCUT2D eigenvalue weighted by Gasteiger charge is -2.47. The van der Waals surface area contributed by atoms with Crippen molar-refractivity contribution in [2.45, 2.75) is 102 Å². The van der Waals surface area contributed by atoms with Gasteiger partial charge in [-0.1, -0.05) is 31.8 Å². The predicted octanol–water partition coefficient (Wildman–Crippen LogP) is 3.33. The van der Waals surface area contributed by atoms with Crippen molar-refractivity contribution in [2.75, 3.05) is 33.0 Å². The predicted molar refractivity (Wildman–Crippen MR) is 114 cm³/mol. The van der Waals surface area contributed by atoms with Gasteiger partial charge in [-0.25, -0.2) is 0 Å². The molecule has 10 nitrogen and oxygen atoms in total. The maximum absolute atomic E-state index is 8.96. The van der Waals surface area contributed by atoms with E-state index in [1.165, 1.54) is 0 Å². The van der Waals surface area contributed by atoms with Crippen LogP contribution in [0.3, 0.4) is 0 Å². The van der Waals surface area contributed by atoms with Gasteiger partial charge in [0.1, 0.15) is 6.10 Å². The summed E-state index contributed by atoms with van der Waals surface area (Å²) in [5.74, 6) is 0.129. The fourth-order valence-corrected chi connectivity index (χ4v) is 4.91. The fourth-order valence-electron chi connectivity index (χ4n) is 4.91. The standard InChI is InChI=1S/C22H37N3O7/c1-3-5-8-27-19-14-12-26-13-18(14)32-22(20(19)28-9-6-4-2)31-17-11-15(24-25-23)21-29-10-7-16(17)30-21/h14-22H,3-13H2,1-2H3. The van der Waals surface area contributed by atoms with E-state index in [-0.39, 0.29) is 36.4 Å². The van der Waals surface area contributed by atoms with E-state index >= 15 is 0 Å². The van der Waals surface area contributed by atoms with Crippen molar-refractivity contribution in [1.82, 2.24) is 0 Å². The summed E-state index contributed by atoms with van der Waals surface area (Å²) in [6, 6.07) is -0.427. The Balaban J connectivity index is 1.50. The second kappa shape index (κ2) is 11.9. The third-order valence-corrected chi connectivity index (χ3v) is 6.71. The number of unbranched alkanes of at least 4 members (excludes halogenated alkanes) is 2. The minimum absolute atomic E-state index is 0.0856. The van der Waals surface area contributed by atoms with Gasteiger partial charge >= 0.3 is 0 Å². The van der Waals surface area contributed by atoms with Crippen molar-refractivity contribution >= 4 is 0 Å². The molecule has 182 valence electrons. The van der Waals surface area contributed by atoms with Gasteiger partial charge < -0.3 is 33.2 Å². The summed E-state index contributed by atoms with van der Waals surface area (Å²) in [6.07, 6.45) is 3.23. The number of azide groups is 1. The molecule has 0 saturated carbocycles. The number of ether oxygens (including phenoxy) is 7. The molecule has 0 radical (unpaired) electrons. The zero-order valence-electron chi connectivity index (χ0n) is 19.2. The molecule has 0 amide bonds.